The fraction of sp³-hybridized carbons (Fsp3) is 0.533. The average Bonchev–Trinajstić information content (AvgIpc) is 2.38. The molecular weight excluding hydrogens is 247 g/mol. The zero-order chi connectivity index (χ0) is 13.5. The number of ketones is 1. The van der Waals surface area contributed by atoms with E-state index in [1.165, 1.54) is 18.2 Å². The highest BCUT2D eigenvalue weighted by Crippen LogP contribution is 2.43. The second kappa shape index (κ2) is 4.60. The minimum atomic E-state index is -0.606. The Bertz CT molecular complexity index is 514. The zero-order valence-electron chi connectivity index (χ0n) is 10.9. The molecule has 2 unspecified atom stereocenters. The van der Waals surface area contributed by atoms with Crippen molar-refractivity contribution in [3.05, 3.63) is 29.6 Å². The monoisotopic (exact) mass is 264 g/mol. The molecule has 2 atom stereocenters. The molecule has 1 heterocycles. The molecule has 2 aliphatic rings. The van der Waals surface area contributed by atoms with Crippen molar-refractivity contribution in [3.63, 3.8) is 0 Å². The van der Waals surface area contributed by atoms with Crippen LogP contribution >= 0.6 is 0 Å². The van der Waals surface area contributed by atoms with Gasteiger partial charge in [-0.25, -0.2) is 4.39 Å². The molecule has 3 rings (SSSR count). The Morgan fingerprint density at radius 2 is 2.26 bits per heavy atom. The van der Waals surface area contributed by atoms with E-state index in [-0.39, 0.29) is 17.7 Å². The molecule has 3 nitrogen and oxygen atoms in total. The Kier molecular flexibility index (Phi) is 3.05. The van der Waals surface area contributed by atoms with Crippen LogP contribution in [0, 0.1) is 5.82 Å². The van der Waals surface area contributed by atoms with E-state index >= 15 is 0 Å². The number of methoxy groups -OCH3 is 1. The second-order valence-electron chi connectivity index (χ2n) is 5.38. The minimum Gasteiger partial charge on any atom is -0.483 e. The number of carbonyl (C=O) groups is 1. The fourth-order valence-electron chi connectivity index (χ4n) is 3.26. The summed E-state index contributed by atoms with van der Waals surface area (Å²) in [5, 5.41) is 0. The molecule has 1 aromatic carbocycles. The molecule has 1 fully saturated rings. The van der Waals surface area contributed by atoms with Crippen molar-refractivity contribution in [3.8, 4) is 5.75 Å². The van der Waals surface area contributed by atoms with Crippen molar-refractivity contribution < 1.29 is 18.7 Å². The van der Waals surface area contributed by atoms with Crippen LogP contribution in [0.25, 0.3) is 0 Å². The number of ether oxygens (including phenoxy) is 2. The molecule has 4 heteroatoms. The number of benzene rings is 1. The van der Waals surface area contributed by atoms with Crippen LogP contribution in [-0.2, 0) is 4.74 Å². The van der Waals surface area contributed by atoms with Gasteiger partial charge in [-0.05, 0) is 31.4 Å². The minimum absolute atomic E-state index is 0.0187. The van der Waals surface area contributed by atoms with Crippen molar-refractivity contribution in [1.82, 2.24) is 0 Å². The third kappa shape index (κ3) is 2.04. The topological polar surface area (TPSA) is 35.5 Å². The lowest BCUT2D eigenvalue weighted by Gasteiger charge is -2.45. The molecule has 19 heavy (non-hydrogen) atoms. The molecule has 0 aromatic heterocycles. The van der Waals surface area contributed by atoms with E-state index in [9.17, 15) is 9.18 Å². The summed E-state index contributed by atoms with van der Waals surface area (Å²) >= 11 is 0. The quantitative estimate of drug-likeness (QED) is 0.781. The first-order chi connectivity index (χ1) is 9.14. The lowest BCUT2D eigenvalue weighted by molar-refractivity contribution is -0.102. The first-order valence-corrected chi connectivity index (χ1v) is 6.69. The van der Waals surface area contributed by atoms with E-state index in [4.69, 9.17) is 9.47 Å². The Labute approximate surface area is 111 Å². The predicted octanol–water partition coefficient (Wildman–Crippen LogP) is 3.12. The van der Waals surface area contributed by atoms with Crippen LogP contribution in [0.15, 0.2) is 18.2 Å². The van der Waals surface area contributed by atoms with Gasteiger partial charge in [0.2, 0.25) is 0 Å². The summed E-state index contributed by atoms with van der Waals surface area (Å²) in [6, 6.07) is 4.10. The third-order valence-corrected chi connectivity index (χ3v) is 4.20. The molecule has 0 saturated heterocycles. The van der Waals surface area contributed by atoms with Crippen LogP contribution in [0.1, 0.15) is 42.5 Å². The van der Waals surface area contributed by atoms with Crippen molar-refractivity contribution in [2.75, 3.05) is 7.11 Å². The van der Waals surface area contributed by atoms with Gasteiger partial charge in [-0.15, -0.1) is 0 Å². The largest absolute Gasteiger partial charge is 0.483 e. The SMILES string of the molecule is COC1CCCCC12CC(=O)c1ccc(F)cc1O2. The number of carbonyl (C=O) groups excluding carboxylic acids is 1. The zero-order valence-corrected chi connectivity index (χ0v) is 10.9. The van der Waals surface area contributed by atoms with Crippen molar-refractivity contribution in [2.45, 2.75) is 43.8 Å². The lowest BCUT2D eigenvalue weighted by Crippen LogP contribution is -2.54. The molecular formula is C15H17FO3. The summed E-state index contributed by atoms with van der Waals surface area (Å²) in [4.78, 5) is 12.3. The third-order valence-electron chi connectivity index (χ3n) is 4.20. The molecule has 0 amide bonds. The van der Waals surface area contributed by atoms with Crippen molar-refractivity contribution in [2.24, 2.45) is 0 Å². The molecule has 0 N–H and O–H groups in total. The van der Waals surface area contributed by atoms with Gasteiger partial charge in [0, 0.05) is 13.2 Å². The van der Waals surface area contributed by atoms with Gasteiger partial charge in [0.05, 0.1) is 18.1 Å². The van der Waals surface area contributed by atoms with Crippen LogP contribution in [0.2, 0.25) is 0 Å². The maximum atomic E-state index is 13.3. The molecule has 1 aromatic rings. The summed E-state index contributed by atoms with van der Waals surface area (Å²) in [7, 11) is 1.65. The molecule has 0 radical (unpaired) electrons. The maximum absolute atomic E-state index is 13.3. The highest BCUT2D eigenvalue weighted by atomic mass is 19.1. The summed E-state index contributed by atoms with van der Waals surface area (Å²) in [5.41, 5.74) is -0.127. The van der Waals surface area contributed by atoms with Gasteiger partial charge >= 0.3 is 0 Å². The van der Waals surface area contributed by atoms with Crippen LogP contribution in [0.3, 0.4) is 0 Å². The van der Waals surface area contributed by atoms with Gasteiger partial charge in [0.1, 0.15) is 17.2 Å². The van der Waals surface area contributed by atoms with E-state index in [0.717, 1.165) is 25.7 Å². The number of hydrogen-bond donors (Lipinski definition) is 0. The number of rotatable bonds is 1. The van der Waals surface area contributed by atoms with Crippen LogP contribution in [0.5, 0.6) is 5.75 Å². The number of Topliss-reactive ketones (excluding diaryl/α,β-unsaturated/α-hetero) is 1. The average molecular weight is 264 g/mol. The van der Waals surface area contributed by atoms with Gasteiger partial charge in [0.15, 0.2) is 5.78 Å². The highest BCUT2D eigenvalue weighted by Gasteiger charge is 2.48. The Morgan fingerprint density at radius 3 is 3.05 bits per heavy atom. The normalized spacial score (nSPS) is 30.0. The molecule has 102 valence electrons. The van der Waals surface area contributed by atoms with E-state index in [1.54, 1.807) is 7.11 Å². The van der Waals surface area contributed by atoms with Gasteiger partial charge in [0.25, 0.3) is 0 Å². The Hall–Kier alpha value is -1.42. The van der Waals surface area contributed by atoms with Gasteiger partial charge in [-0.3, -0.25) is 4.79 Å². The number of hydrogen-bond acceptors (Lipinski definition) is 3. The van der Waals surface area contributed by atoms with E-state index in [0.29, 0.717) is 17.7 Å². The van der Waals surface area contributed by atoms with Crippen LogP contribution in [0.4, 0.5) is 4.39 Å². The second-order valence-corrected chi connectivity index (χ2v) is 5.38. The van der Waals surface area contributed by atoms with Gasteiger partial charge in [-0.2, -0.15) is 0 Å². The fourth-order valence-corrected chi connectivity index (χ4v) is 3.26. The molecule has 1 spiro atoms. The van der Waals surface area contributed by atoms with Crippen LogP contribution in [-0.4, -0.2) is 24.6 Å². The lowest BCUT2D eigenvalue weighted by atomic mass is 9.76. The summed E-state index contributed by atoms with van der Waals surface area (Å²) in [6.07, 6.45) is 3.99. The summed E-state index contributed by atoms with van der Waals surface area (Å²) < 4.78 is 24.9. The van der Waals surface area contributed by atoms with E-state index < -0.39 is 5.60 Å². The highest BCUT2D eigenvalue weighted by molar-refractivity contribution is 6.00. The summed E-state index contributed by atoms with van der Waals surface area (Å²) in [6.45, 7) is 0. The maximum Gasteiger partial charge on any atom is 0.170 e. The summed E-state index contributed by atoms with van der Waals surface area (Å²) in [5.74, 6) is -0.00113. The Morgan fingerprint density at radius 1 is 1.42 bits per heavy atom. The molecule has 0 bridgehead atoms. The molecule has 1 saturated carbocycles. The van der Waals surface area contributed by atoms with Crippen molar-refractivity contribution >= 4 is 5.78 Å². The standard InChI is InChI=1S/C15H17FO3/c1-18-14-4-2-3-7-15(14)9-12(17)11-6-5-10(16)8-13(11)19-15/h5-6,8,14H,2-4,7,9H2,1H3. The number of fused-ring (bicyclic) bond motifs is 1. The smallest absolute Gasteiger partial charge is 0.170 e. The Balaban J connectivity index is 2.01. The van der Waals surface area contributed by atoms with Gasteiger partial charge < -0.3 is 9.47 Å². The predicted molar refractivity (Wildman–Crippen MR) is 68.0 cm³/mol. The van der Waals surface area contributed by atoms with E-state index in [2.05, 4.69) is 0 Å². The van der Waals surface area contributed by atoms with Crippen LogP contribution < -0.4 is 4.74 Å². The molecule has 1 aliphatic heterocycles. The first kappa shape index (κ1) is 12.6. The van der Waals surface area contributed by atoms with Gasteiger partial charge in [-0.1, -0.05) is 6.42 Å². The van der Waals surface area contributed by atoms with E-state index in [1.807, 2.05) is 0 Å². The first-order valence-electron chi connectivity index (χ1n) is 6.69. The molecule has 1 aliphatic carbocycles. The van der Waals surface area contributed by atoms with Crippen molar-refractivity contribution in [1.29, 1.82) is 0 Å². The number of halogens is 1.